The minimum absolute atomic E-state index is 0.114. The van der Waals surface area contributed by atoms with Crippen molar-refractivity contribution in [2.45, 2.75) is 13.8 Å². The first-order valence-corrected chi connectivity index (χ1v) is 5.08. The SMILES string of the molecule is COC(=O)C(C(=O)c1nccn1C)C(C)C. The van der Waals surface area contributed by atoms with E-state index in [1.165, 1.54) is 13.3 Å². The zero-order chi connectivity index (χ0) is 12.3. The van der Waals surface area contributed by atoms with Gasteiger partial charge in [-0.15, -0.1) is 0 Å². The van der Waals surface area contributed by atoms with Gasteiger partial charge < -0.3 is 9.30 Å². The van der Waals surface area contributed by atoms with Crippen LogP contribution in [0.15, 0.2) is 12.4 Å². The second-order valence-corrected chi connectivity index (χ2v) is 3.97. The lowest BCUT2D eigenvalue weighted by Gasteiger charge is -2.16. The van der Waals surface area contributed by atoms with Crippen LogP contribution in [0.25, 0.3) is 0 Å². The Bertz CT molecular complexity index is 396. The Morgan fingerprint density at radius 2 is 2.06 bits per heavy atom. The summed E-state index contributed by atoms with van der Waals surface area (Å²) in [6, 6.07) is 0. The molecule has 16 heavy (non-hydrogen) atoms. The van der Waals surface area contributed by atoms with Crippen LogP contribution in [0, 0.1) is 11.8 Å². The molecule has 0 aliphatic rings. The molecule has 0 radical (unpaired) electrons. The maximum Gasteiger partial charge on any atom is 0.316 e. The zero-order valence-corrected chi connectivity index (χ0v) is 9.93. The van der Waals surface area contributed by atoms with Crippen LogP contribution in [0.4, 0.5) is 0 Å². The van der Waals surface area contributed by atoms with Gasteiger partial charge in [-0.3, -0.25) is 9.59 Å². The molecule has 88 valence electrons. The predicted octanol–water partition coefficient (Wildman–Crippen LogP) is 1.05. The molecule has 0 aliphatic carbocycles. The van der Waals surface area contributed by atoms with Crippen molar-refractivity contribution in [3.8, 4) is 0 Å². The van der Waals surface area contributed by atoms with Crippen molar-refractivity contribution in [2.24, 2.45) is 18.9 Å². The molecule has 0 saturated heterocycles. The van der Waals surface area contributed by atoms with Crippen molar-refractivity contribution in [1.82, 2.24) is 9.55 Å². The lowest BCUT2D eigenvalue weighted by Crippen LogP contribution is -2.31. The molecule has 5 nitrogen and oxygen atoms in total. The number of aryl methyl sites for hydroxylation is 1. The van der Waals surface area contributed by atoms with Gasteiger partial charge in [0.1, 0.15) is 5.92 Å². The Kier molecular flexibility index (Phi) is 3.82. The van der Waals surface area contributed by atoms with Crippen LogP contribution in [0.2, 0.25) is 0 Å². The van der Waals surface area contributed by atoms with Crippen LogP contribution >= 0.6 is 0 Å². The van der Waals surface area contributed by atoms with E-state index in [0.29, 0.717) is 0 Å². The minimum Gasteiger partial charge on any atom is -0.468 e. The minimum atomic E-state index is -0.786. The van der Waals surface area contributed by atoms with Gasteiger partial charge in [-0.1, -0.05) is 13.8 Å². The van der Waals surface area contributed by atoms with Crippen LogP contribution in [0.3, 0.4) is 0 Å². The van der Waals surface area contributed by atoms with Gasteiger partial charge in [-0.05, 0) is 5.92 Å². The van der Waals surface area contributed by atoms with Crippen LogP contribution in [-0.4, -0.2) is 28.4 Å². The van der Waals surface area contributed by atoms with Gasteiger partial charge in [0, 0.05) is 19.4 Å². The topological polar surface area (TPSA) is 61.2 Å². The van der Waals surface area contributed by atoms with E-state index in [1.807, 2.05) is 13.8 Å². The number of rotatable bonds is 4. The van der Waals surface area contributed by atoms with Crippen LogP contribution in [0.5, 0.6) is 0 Å². The molecule has 1 rings (SSSR count). The van der Waals surface area contributed by atoms with Crippen molar-refractivity contribution >= 4 is 11.8 Å². The largest absolute Gasteiger partial charge is 0.468 e. The van der Waals surface area contributed by atoms with E-state index in [-0.39, 0.29) is 17.5 Å². The molecule has 0 amide bonds. The Balaban J connectivity index is 3.01. The summed E-state index contributed by atoms with van der Waals surface area (Å²) in [7, 11) is 3.00. The normalized spacial score (nSPS) is 12.6. The monoisotopic (exact) mass is 224 g/mol. The van der Waals surface area contributed by atoms with Gasteiger partial charge in [-0.2, -0.15) is 0 Å². The molecule has 0 N–H and O–H groups in total. The van der Waals surface area contributed by atoms with Gasteiger partial charge in [-0.25, -0.2) is 4.98 Å². The molecule has 0 aromatic carbocycles. The molecule has 0 saturated carbocycles. The molecule has 0 bridgehead atoms. The molecule has 0 aliphatic heterocycles. The predicted molar refractivity (Wildman–Crippen MR) is 57.9 cm³/mol. The fraction of sp³-hybridized carbons (Fsp3) is 0.545. The van der Waals surface area contributed by atoms with Crippen LogP contribution < -0.4 is 0 Å². The molecule has 1 atom stereocenters. The summed E-state index contributed by atoms with van der Waals surface area (Å²) in [4.78, 5) is 27.5. The third-order valence-corrected chi connectivity index (χ3v) is 2.45. The summed E-state index contributed by atoms with van der Waals surface area (Å²) in [6.07, 6.45) is 3.20. The van der Waals surface area contributed by atoms with E-state index in [4.69, 9.17) is 0 Å². The first kappa shape index (κ1) is 12.4. The number of hydrogen-bond acceptors (Lipinski definition) is 4. The van der Waals surface area contributed by atoms with Gasteiger partial charge in [0.15, 0.2) is 5.82 Å². The highest BCUT2D eigenvalue weighted by atomic mass is 16.5. The number of aromatic nitrogens is 2. The summed E-state index contributed by atoms with van der Waals surface area (Å²) in [5.74, 6) is -1.43. The number of ether oxygens (including phenoxy) is 1. The third kappa shape index (κ3) is 2.29. The summed E-state index contributed by atoms with van der Waals surface area (Å²) in [6.45, 7) is 3.62. The zero-order valence-electron chi connectivity index (χ0n) is 9.93. The van der Waals surface area contributed by atoms with Crippen LogP contribution in [-0.2, 0) is 16.6 Å². The van der Waals surface area contributed by atoms with Crippen molar-refractivity contribution < 1.29 is 14.3 Å². The molecule has 1 aromatic heterocycles. The summed E-state index contributed by atoms with van der Waals surface area (Å²) in [5.41, 5.74) is 0. The van der Waals surface area contributed by atoms with Crippen molar-refractivity contribution in [3.63, 3.8) is 0 Å². The van der Waals surface area contributed by atoms with Crippen molar-refractivity contribution in [3.05, 3.63) is 18.2 Å². The lowest BCUT2D eigenvalue weighted by atomic mass is 9.91. The summed E-state index contributed by atoms with van der Waals surface area (Å²) < 4.78 is 6.23. The number of nitrogens with zero attached hydrogens (tertiary/aromatic N) is 2. The van der Waals surface area contributed by atoms with E-state index in [1.54, 1.807) is 17.8 Å². The Labute approximate surface area is 94.4 Å². The van der Waals surface area contributed by atoms with E-state index in [0.717, 1.165) is 0 Å². The number of esters is 1. The highest BCUT2D eigenvalue weighted by molar-refractivity contribution is 6.06. The molecule has 1 aromatic rings. The number of carbonyl (C=O) groups excluding carboxylic acids is 2. The molecule has 0 spiro atoms. The van der Waals surface area contributed by atoms with Gasteiger partial charge in [0.05, 0.1) is 7.11 Å². The van der Waals surface area contributed by atoms with Gasteiger partial charge >= 0.3 is 5.97 Å². The van der Waals surface area contributed by atoms with Crippen LogP contribution in [0.1, 0.15) is 24.5 Å². The van der Waals surface area contributed by atoms with Crippen molar-refractivity contribution in [1.29, 1.82) is 0 Å². The highest BCUT2D eigenvalue weighted by Crippen LogP contribution is 2.17. The number of carbonyl (C=O) groups is 2. The second-order valence-electron chi connectivity index (χ2n) is 3.97. The van der Waals surface area contributed by atoms with Gasteiger partial charge in [0.2, 0.25) is 5.78 Å². The fourth-order valence-electron chi connectivity index (χ4n) is 1.55. The maximum absolute atomic E-state index is 12.1. The number of ketones is 1. The Morgan fingerprint density at radius 3 is 2.44 bits per heavy atom. The number of imidazole rings is 1. The van der Waals surface area contributed by atoms with Gasteiger partial charge in [0.25, 0.3) is 0 Å². The quantitative estimate of drug-likeness (QED) is 0.435. The standard InChI is InChI=1S/C11H16N2O3/c1-7(2)8(11(15)16-4)9(14)10-12-5-6-13(10)3/h5-8H,1-4H3. The number of Topliss-reactive ketones (excluding diaryl/α,β-unsaturated/α-hetero) is 1. The maximum atomic E-state index is 12.1. The molecule has 0 fully saturated rings. The third-order valence-electron chi connectivity index (χ3n) is 2.45. The smallest absolute Gasteiger partial charge is 0.316 e. The second kappa shape index (κ2) is 4.92. The molecular weight excluding hydrogens is 208 g/mol. The number of methoxy groups -OCH3 is 1. The molecule has 1 heterocycles. The molecule has 5 heteroatoms. The van der Waals surface area contributed by atoms with E-state index < -0.39 is 11.9 Å². The van der Waals surface area contributed by atoms with Crippen molar-refractivity contribution in [2.75, 3.05) is 7.11 Å². The van der Waals surface area contributed by atoms with E-state index >= 15 is 0 Å². The average Bonchev–Trinajstić information content (AvgIpc) is 2.63. The first-order chi connectivity index (χ1) is 7.49. The Morgan fingerprint density at radius 1 is 1.44 bits per heavy atom. The summed E-state index contributed by atoms with van der Waals surface area (Å²) in [5, 5.41) is 0. The molecule has 1 unspecified atom stereocenters. The first-order valence-electron chi connectivity index (χ1n) is 5.08. The van der Waals surface area contributed by atoms with E-state index in [9.17, 15) is 9.59 Å². The lowest BCUT2D eigenvalue weighted by molar-refractivity contribution is -0.144. The highest BCUT2D eigenvalue weighted by Gasteiger charge is 2.33. The Hall–Kier alpha value is -1.65. The molecular formula is C11H16N2O3. The van der Waals surface area contributed by atoms with E-state index in [2.05, 4.69) is 9.72 Å². The summed E-state index contributed by atoms with van der Waals surface area (Å²) >= 11 is 0. The number of hydrogen-bond donors (Lipinski definition) is 0. The average molecular weight is 224 g/mol. The fourth-order valence-corrected chi connectivity index (χ4v) is 1.55.